The van der Waals surface area contributed by atoms with E-state index in [1.54, 1.807) is 16.7 Å². The van der Waals surface area contributed by atoms with Crippen molar-refractivity contribution in [2.24, 2.45) is 0 Å². The molecule has 2 aliphatic rings. The summed E-state index contributed by atoms with van der Waals surface area (Å²) in [7, 11) is 0. The third kappa shape index (κ3) is 2.13. The SMILES string of the molecule is CC1(C)SC2(CCCCCC2)N(C=O)C1C(=O)O. The lowest BCUT2D eigenvalue weighted by Gasteiger charge is -2.35. The minimum Gasteiger partial charge on any atom is -0.480 e. The molecule has 0 aromatic rings. The number of aliphatic carboxylic acids is 1. The van der Waals surface area contributed by atoms with E-state index in [1.807, 2.05) is 13.8 Å². The number of amides is 1. The van der Waals surface area contributed by atoms with Crippen molar-refractivity contribution in [3.63, 3.8) is 0 Å². The number of carbonyl (C=O) groups is 2. The van der Waals surface area contributed by atoms with E-state index in [0.717, 1.165) is 32.1 Å². The second-order valence-electron chi connectivity index (χ2n) is 5.82. The fourth-order valence-corrected chi connectivity index (χ4v) is 5.43. The summed E-state index contributed by atoms with van der Waals surface area (Å²) in [5, 5.41) is 9.42. The minimum absolute atomic E-state index is 0.287. The molecule has 2 fully saturated rings. The molecule has 102 valence electrons. The summed E-state index contributed by atoms with van der Waals surface area (Å²) in [6.07, 6.45) is 7.14. The molecule has 0 bridgehead atoms. The molecule has 1 atom stereocenters. The topological polar surface area (TPSA) is 57.6 Å². The summed E-state index contributed by atoms with van der Waals surface area (Å²) in [5.74, 6) is -0.888. The second kappa shape index (κ2) is 4.76. The third-order valence-electron chi connectivity index (χ3n) is 4.09. The van der Waals surface area contributed by atoms with Crippen molar-refractivity contribution in [3.05, 3.63) is 0 Å². The molecule has 0 aromatic carbocycles. The highest BCUT2D eigenvalue weighted by Gasteiger charge is 2.58. The first-order chi connectivity index (χ1) is 8.43. The number of carboxylic acid groups (broad SMARTS) is 1. The first-order valence-corrected chi connectivity index (χ1v) is 7.41. The largest absolute Gasteiger partial charge is 0.480 e. The number of carboxylic acids is 1. The Morgan fingerprint density at radius 1 is 1.28 bits per heavy atom. The van der Waals surface area contributed by atoms with Crippen molar-refractivity contribution in [3.8, 4) is 0 Å². The highest BCUT2D eigenvalue weighted by molar-refractivity contribution is 8.02. The second-order valence-corrected chi connectivity index (χ2v) is 7.84. The molecular formula is C13H21NO3S. The Morgan fingerprint density at radius 3 is 2.28 bits per heavy atom. The van der Waals surface area contributed by atoms with Gasteiger partial charge in [-0.2, -0.15) is 0 Å². The molecule has 1 aliphatic heterocycles. The van der Waals surface area contributed by atoms with Crippen molar-refractivity contribution < 1.29 is 14.7 Å². The summed E-state index contributed by atoms with van der Waals surface area (Å²) in [6, 6.07) is -0.710. The molecule has 0 radical (unpaired) electrons. The molecule has 1 spiro atoms. The van der Waals surface area contributed by atoms with Crippen molar-refractivity contribution in [2.75, 3.05) is 0 Å². The minimum atomic E-state index is -0.888. The molecule has 0 aromatic heterocycles. The van der Waals surface area contributed by atoms with Crippen molar-refractivity contribution >= 4 is 24.1 Å². The Bertz CT molecular complexity index is 348. The Hall–Kier alpha value is -0.710. The Morgan fingerprint density at radius 2 is 1.83 bits per heavy atom. The van der Waals surface area contributed by atoms with E-state index in [2.05, 4.69) is 0 Å². The molecule has 1 saturated carbocycles. The maximum Gasteiger partial charge on any atom is 0.327 e. The maximum absolute atomic E-state index is 11.5. The molecule has 4 nitrogen and oxygen atoms in total. The predicted molar refractivity (Wildman–Crippen MR) is 71.4 cm³/mol. The van der Waals surface area contributed by atoms with Crippen LogP contribution in [0.1, 0.15) is 52.4 Å². The number of thioether (sulfide) groups is 1. The number of hydrogen-bond donors (Lipinski definition) is 1. The fourth-order valence-electron chi connectivity index (χ4n) is 3.38. The van der Waals surface area contributed by atoms with Gasteiger partial charge in [-0.3, -0.25) is 4.79 Å². The lowest BCUT2D eigenvalue weighted by Crippen LogP contribution is -2.51. The zero-order valence-corrected chi connectivity index (χ0v) is 11.8. The summed E-state index contributed by atoms with van der Waals surface area (Å²) in [4.78, 5) is 24.2. The van der Waals surface area contributed by atoms with Gasteiger partial charge in [-0.15, -0.1) is 11.8 Å². The summed E-state index contributed by atoms with van der Waals surface area (Å²) >= 11 is 1.69. The quantitative estimate of drug-likeness (QED) is 0.784. The number of nitrogens with zero attached hydrogens (tertiary/aromatic N) is 1. The Kier molecular flexibility index (Phi) is 3.63. The molecule has 1 N–H and O–H groups in total. The molecule has 18 heavy (non-hydrogen) atoms. The van der Waals surface area contributed by atoms with Crippen LogP contribution in [-0.2, 0) is 9.59 Å². The van der Waals surface area contributed by atoms with E-state index >= 15 is 0 Å². The lowest BCUT2D eigenvalue weighted by molar-refractivity contribution is -0.148. The molecule has 1 aliphatic carbocycles. The molecular weight excluding hydrogens is 250 g/mol. The van der Waals surface area contributed by atoms with Crippen LogP contribution in [0.4, 0.5) is 0 Å². The predicted octanol–water partition coefficient (Wildman–Crippen LogP) is 2.47. The van der Waals surface area contributed by atoms with Gasteiger partial charge < -0.3 is 10.0 Å². The van der Waals surface area contributed by atoms with Crippen LogP contribution >= 0.6 is 11.8 Å². The molecule has 5 heteroatoms. The highest BCUT2D eigenvalue weighted by Crippen LogP contribution is 2.55. The Balaban J connectivity index is 2.36. The van der Waals surface area contributed by atoms with E-state index in [1.165, 1.54) is 12.8 Å². The van der Waals surface area contributed by atoms with E-state index in [9.17, 15) is 14.7 Å². The number of rotatable bonds is 2. The lowest BCUT2D eigenvalue weighted by atomic mass is 9.98. The summed E-state index contributed by atoms with van der Waals surface area (Å²) in [6.45, 7) is 3.87. The van der Waals surface area contributed by atoms with Gasteiger partial charge in [0, 0.05) is 4.75 Å². The van der Waals surface area contributed by atoms with Crippen LogP contribution in [-0.4, -0.2) is 38.0 Å². The van der Waals surface area contributed by atoms with Crippen molar-refractivity contribution in [1.82, 2.24) is 4.90 Å². The van der Waals surface area contributed by atoms with E-state index in [0.29, 0.717) is 0 Å². The van der Waals surface area contributed by atoms with Gasteiger partial charge in [-0.25, -0.2) is 4.79 Å². The number of carbonyl (C=O) groups excluding carboxylic acids is 1. The molecule has 1 heterocycles. The zero-order valence-electron chi connectivity index (χ0n) is 11.0. The van der Waals surface area contributed by atoms with Gasteiger partial charge in [0.25, 0.3) is 0 Å². The molecule has 1 amide bonds. The van der Waals surface area contributed by atoms with Gasteiger partial charge in [-0.05, 0) is 26.7 Å². The van der Waals surface area contributed by atoms with Gasteiger partial charge in [0.05, 0.1) is 4.87 Å². The summed E-state index contributed by atoms with van der Waals surface area (Å²) in [5.41, 5.74) is 0. The monoisotopic (exact) mass is 271 g/mol. The molecule has 2 rings (SSSR count). The van der Waals surface area contributed by atoms with Crippen LogP contribution in [0.5, 0.6) is 0 Å². The van der Waals surface area contributed by atoms with E-state index < -0.39 is 16.8 Å². The van der Waals surface area contributed by atoms with Crippen LogP contribution < -0.4 is 0 Å². The van der Waals surface area contributed by atoms with Crippen LogP contribution in [0.25, 0.3) is 0 Å². The van der Waals surface area contributed by atoms with E-state index in [-0.39, 0.29) is 4.87 Å². The zero-order chi connectivity index (χ0) is 13.4. The summed E-state index contributed by atoms with van der Waals surface area (Å²) < 4.78 is -0.420. The standard InChI is InChI=1S/C13H21NO3S/c1-12(2)10(11(16)17)14(9-15)13(18-12)7-5-3-4-6-8-13/h9-10H,3-8H2,1-2H3,(H,16,17). The average molecular weight is 271 g/mol. The Labute approximate surface area is 112 Å². The van der Waals surface area contributed by atoms with Crippen LogP contribution in [0.3, 0.4) is 0 Å². The smallest absolute Gasteiger partial charge is 0.327 e. The molecule has 1 saturated heterocycles. The van der Waals surface area contributed by atoms with Gasteiger partial charge in [-0.1, -0.05) is 25.7 Å². The first kappa shape index (κ1) is 13.7. The average Bonchev–Trinajstić information content (AvgIpc) is 2.41. The van der Waals surface area contributed by atoms with Crippen LogP contribution in [0, 0.1) is 0 Å². The fraction of sp³-hybridized carbons (Fsp3) is 0.846. The van der Waals surface area contributed by atoms with Crippen LogP contribution in [0.15, 0.2) is 0 Å². The van der Waals surface area contributed by atoms with Gasteiger partial charge >= 0.3 is 5.97 Å². The maximum atomic E-state index is 11.5. The van der Waals surface area contributed by atoms with Gasteiger partial charge in [0.1, 0.15) is 6.04 Å². The van der Waals surface area contributed by atoms with Gasteiger partial charge in [0.15, 0.2) is 0 Å². The highest BCUT2D eigenvalue weighted by atomic mass is 32.2. The molecule has 1 unspecified atom stereocenters. The van der Waals surface area contributed by atoms with Gasteiger partial charge in [0.2, 0.25) is 6.41 Å². The first-order valence-electron chi connectivity index (χ1n) is 6.60. The number of hydrogen-bond acceptors (Lipinski definition) is 3. The third-order valence-corrected chi connectivity index (χ3v) is 5.84. The normalized spacial score (nSPS) is 30.1. The van der Waals surface area contributed by atoms with Crippen LogP contribution in [0.2, 0.25) is 0 Å². The van der Waals surface area contributed by atoms with Crippen molar-refractivity contribution in [2.45, 2.75) is 68.0 Å². The van der Waals surface area contributed by atoms with Crippen molar-refractivity contribution in [1.29, 1.82) is 0 Å². The van der Waals surface area contributed by atoms with E-state index in [4.69, 9.17) is 0 Å².